The van der Waals surface area contributed by atoms with Crippen molar-refractivity contribution in [3.05, 3.63) is 59.2 Å². The molecular formula is C18H22O4S. The molecule has 2 aromatic carbocycles. The fourth-order valence-electron chi connectivity index (χ4n) is 2.24. The molecule has 0 spiro atoms. The molecule has 0 saturated heterocycles. The van der Waals surface area contributed by atoms with E-state index in [9.17, 15) is 8.42 Å². The molecule has 124 valence electrons. The molecule has 4 nitrogen and oxygen atoms in total. The molecule has 0 amide bonds. The molecular weight excluding hydrogens is 312 g/mol. The highest BCUT2D eigenvalue weighted by atomic mass is 32.2. The number of para-hydroxylation sites is 1. The Morgan fingerprint density at radius 2 is 1.39 bits per heavy atom. The molecule has 0 aliphatic rings. The van der Waals surface area contributed by atoms with Crippen molar-refractivity contribution >= 4 is 10.1 Å². The fraction of sp³-hybridized carbons (Fsp3) is 0.333. The van der Waals surface area contributed by atoms with E-state index < -0.39 is 15.9 Å². The highest BCUT2D eigenvalue weighted by Gasteiger charge is 2.30. The third-order valence-electron chi connectivity index (χ3n) is 3.38. The van der Waals surface area contributed by atoms with Crippen LogP contribution in [-0.2, 0) is 14.3 Å². The Morgan fingerprint density at radius 3 is 1.91 bits per heavy atom. The highest BCUT2D eigenvalue weighted by Crippen LogP contribution is 2.29. The molecule has 0 radical (unpaired) electrons. The van der Waals surface area contributed by atoms with Crippen LogP contribution in [-0.4, -0.2) is 14.2 Å². The van der Waals surface area contributed by atoms with Crippen LogP contribution in [0.1, 0.15) is 30.5 Å². The molecule has 2 aromatic rings. The summed E-state index contributed by atoms with van der Waals surface area (Å²) in [6.45, 7) is 8.89. The minimum absolute atomic E-state index is 0.112. The fourth-order valence-corrected chi connectivity index (χ4v) is 3.37. The van der Waals surface area contributed by atoms with E-state index in [4.69, 9.17) is 8.92 Å². The molecule has 0 aliphatic carbocycles. The Bertz CT molecular complexity index is 770. The molecule has 0 N–H and O–H groups in total. The van der Waals surface area contributed by atoms with Gasteiger partial charge in [0.1, 0.15) is 5.75 Å². The number of aryl methyl sites for hydroxylation is 3. The number of ether oxygens (including phenoxy) is 1. The summed E-state index contributed by atoms with van der Waals surface area (Å²) in [6.07, 6.45) is 0. The molecule has 0 heterocycles. The van der Waals surface area contributed by atoms with Gasteiger partial charge in [-0.15, -0.1) is 0 Å². The second-order valence-corrected chi connectivity index (χ2v) is 7.62. The van der Waals surface area contributed by atoms with E-state index in [1.807, 2.05) is 39.0 Å². The van der Waals surface area contributed by atoms with E-state index >= 15 is 0 Å². The first-order valence-electron chi connectivity index (χ1n) is 7.38. The van der Waals surface area contributed by atoms with Crippen molar-refractivity contribution < 1.29 is 17.3 Å². The SMILES string of the molecule is Cc1ccc(S(=O)(=O)OC(C)(C)Oc2c(C)cccc2C)cc1. The van der Waals surface area contributed by atoms with Crippen LogP contribution in [0.4, 0.5) is 0 Å². The lowest BCUT2D eigenvalue weighted by Gasteiger charge is -2.27. The van der Waals surface area contributed by atoms with Crippen molar-refractivity contribution in [3.8, 4) is 5.75 Å². The van der Waals surface area contributed by atoms with Gasteiger partial charge < -0.3 is 4.74 Å². The van der Waals surface area contributed by atoms with Crippen LogP contribution in [0.25, 0.3) is 0 Å². The molecule has 5 heteroatoms. The lowest BCUT2D eigenvalue weighted by Crippen LogP contribution is -2.35. The third kappa shape index (κ3) is 4.33. The Balaban J connectivity index is 2.25. The van der Waals surface area contributed by atoms with Crippen molar-refractivity contribution in [3.63, 3.8) is 0 Å². The second kappa shape index (κ2) is 6.34. The maximum absolute atomic E-state index is 12.4. The van der Waals surface area contributed by atoms with Gasteiger partial charge in [0.25, 0.3) is 10.1 Å². The molecule has 0 fully saturated rings. The third-order valence-corrected chi connectivity index (χ3v) is 4.85. The van der Waals surface area contributed by atoms with E-state index in [0.29, 0.717) is 5.75 Å². The summed E-state index contributed by atoms with van der Waals surface area (Å²) < 4.78 is 36.0. The summed E-state index contributed by atoms with van der Waals surface area (Å²) in [6, 6.07) is 12.3. The zero-order valence-electron chi connectivity index (χ0n) is 14.1. The Labute approximate surface area is 138 Å². The van der Waals surface area contributed by atoms with E-state index in [1.165, 1.54) is 12.1 Å². The Morgan fingerprint density at radius 1 is 0.870 bits per heavy atom. The van der Waals surface area contributed by atoms with E-state index in [1.54, 1.807) is 26.0 Å². The van der Waals surface area contributed by atoms with Crippen LogP contribution in [0.3, 0.4) is 0 Å². The minimum atomic E-state index is -3.91. The number of rotatable bonds is 5. The van der Waals surface area contributed by atoms with Gasteiger partial charge in [0.05, 0.1) is 4.90 Å². The molecule has 0 atom stereocenters. The molecule has 23 heavy (non-hydrogen) atoms. The van der Waals surface area contributed by atoms with Gasteiger partial charge >= 0.3 is 0 Å². The minimum Gasteiger partial charge on any atom is -0.461 e. The smallest absolute Gasteiger partial charge is 0.300 e. The normalized spacial score (nSPS) is 12.2. The molecule has 0 saturated carbocycles. The molecule has 0 aromatic heterocycles. The van der Waals surface area contributed by atoms with Gasteiger partial charge in [-0.05, 0) is 44.0 Å². The molecule has 0 bridgehead atoms. The van der Waals surface area contributed by atoms with Gasteiger partial charge in [-0.25, -0.2) is 4.18 Å². The van der Waals surface area contributed by atoms with Crippen molar-refractivity contribution in [2.24, 2.45) is 0 Å². The monoisotopic (exact) mass is 334 g/mol. The van der Waals surface area contributed by atoms with E-state index in [2.05, 4.69) is 0 Å². The van der Waals surface area contributed by atoms with E-state index in [0.717, 1.165) is 16.7 Å². The van der Waals surface area contributed by atoms with Gasteiger partial charge in [0.2, 0.25) is 5.79 Å². The highest BCUT2D eigenvalue weighted by molar-refractivity contribution is 7.86. The molecule has 2 rings (SSSR count). The quantitative estimate of drug-likeness (QED) is 0.609. The van der Waals surface area contributed by atoms with Crippen LogP contribution in [0, 0.1) is 20.8 Å². The first-order valence-corrected chi connectivity index (χ1v) is 8.79. The Hall–Kier alpha value is -1.85. The van der Waals surface area contributed by atoms with Gasteiger partial charge in [-0.3, -0.25) is 0 Å². The van der Waals surface area contributed by atoms with Crippen LogP contribution in [0.2, 0.25) is 0 Å². The topological polar surface area (TPSA) is 52.6 Å². The average molecular weight is 334 g/mol. The lowest BCUT2D eigenvalue weighted by atomic mass is 10.1. The average Bonchev–Trinajstić information content (AvgIpc) is 2.42. The maximum Gasteiger partial charge on any atom is 0.300 e. The maximum atomic E-state index is 12.4. The van der Waals surface area contributed by atoms with Crippen LogP contribution >= 0.6 is 0 Å². The van der Waals surface area contributed by atoms with Crippen molar-refractivity contribution in [2.45, 2.75) is 45.3 Å². The standard InChI is InChI=1S/C18H22O4S/c1-13-9-11-16(12-10-13)23(19,20)22-18(4,5)21-17-14(2)7-6-8-15(17)3/h6-12H,1-5H3. The summed E-state index contributed by atoms with van der Waals surface area (Å²) in [4.78, 5) is 0.112. The Kier molecular flexibility index (Phi) is 4.82. The number of benzene rings is 2. The van der Waals surface area contributed by atoms with Gasteiger partial charge in [0, 0.05) is 13.8 Å². The van der Waals surface area contributed by atoms with Crippen molar-refractivity contribution in [1.82, 2.24) is 0 Å². The number of hydrogen-bond acceptors (Lipinski definition) is 4. The predicted octanol–water partition coefficient (Wildman–Crippen LogP) is 4.13. The molecule has 0 aliphatic heterocycles. The summed E-state index contributed by atoms with van der Waals surface area (Å²) in [5.74, 6) is -0.683. The molecule has 0 unspecified atom stereocenters. The largest absolute Gasteiger partial charge is 0.461 e. The van der Waals surface area contributed by atoms with Crippen LogP contribution in [0.15, 0.2) is 47.4 Å². The van der Waals surface area contributed by atoms with Crippen molar-refractivity contribution in [1.29, 1.82) is 0 Å². The first kappa shape index (κ1) is 17.5. The summed E-state index contributed by atoms with van der Waals surface area (Å²) in [7, 11) is -3.91. The zero-order valence-corrected chi connectivity index (χ0v) is 14.9. The summed E-state index contributed by atoms with van der Waals surface area (Å²) >= 11 is 0. The first-order chi connectivity index (χ1) is 10.6. The second-order valence-electron chi connectivity index (χ2n) is 6.07. The van der Waals surface area contributed by atoms with Crippen LogP contribution < -0.4 is 4.74 Å². The summed E-state index contributed by atoms with van der Waals surface area (Å²) in [5.41, 5.74) is 2.83. The van der Waals surface area contributed by atoms with Crippen LogP contribution in [0.5, 0.6) is 5.75 Å². The van der Waals surface area contributed by atoms with Gasteiger partial charge in [-0.1, -0.05) is 35.9 Å². The summed E-state index contributed by atoms with van der Waals surface area (Å²) in [5, 5.41) is 0. The predicted molar refractivity (Wildman–Crippen MR) is 90.1 cm³/mol. The lowest BCUT2D eigenvalue weighted by molar-refractivity contribution is -0.0768. The van der Waals surface area contributed by atoms with Gasteiger partial charge in [0.15, 0.2) is 0 Å². The number of hydrogen-bond donors (Lipinski definition) is 0. The van der Waals surface area contributed by atoms with Crippen molar-refractivity contribution in [2.75, 3.05) is 0 Å². The zero-order chi connectivity index (χ0) is 17.3. The van der Waals surface area contributed by atoms with E-state index in [-0.39, 0.29) is 4.90 Å². The van der Waals surface area contributed by atoms with Gasteiger partial charge in [-0.2, -0.15) is 8.42 Å².